The van der Waals surface area contributed by atoms with Gasteiger partial charge in [0, 0.05) is 38.5 Å². The smallest absolute Gasteiger partial charge is 0.408 e. The maximum Gasteiger partial charge on any atom is 0.408 e. The second-order valence-corrected chi connectivity index (χ2v) is 12.9. The van der Waals surface area contributed by atoms with Crippen LogP contribution < -0.4 is 10.1 Å². The molecule has 1 aliphatic carbocycles. The van der Waals surface area contributed by atoms with Gasteiger partial charge in [-0.3, -0.25) is 4.79 Å². The fourth-order valence-electron chi connectivity index (χ4n) is 5.79. The number of carboxylic acid groups (broad SMARTS) is 1. The number of benzene rings is 1. The summed E-state index contributed by atoms with van der Waals surface area (Å²) in [5, 5.41) is 12.3. The van der Waals surface area contributed by atoms with Crippen LogP contribution >= 0.6 is 0 Å². The van der Waals surface area contributed by atoms with E-state index in [1.807, 2.05) is 28.3 Å². The quantitative estimate of drug-likeness (QED) is 0.257. The molecule has 1 saturated carbocycles. The molecule has 244 valence electrons. The van der Waals surface area contributed by atoms with Crippen LogP contribution in [0, 0.1) is 5.92 Å². The molecule has 0 saturated heterocycles. The van der Waals surface area contributed by atoms with E-state index >= 15 is 0 Å². The third-order valence-corrected chi connectivity index (χ3v) is 8.08. The number of nitrogens with one attached hydrogen (secondary N) is 1. The highest BCUT2D eigenvalue weighted by Gasteiger charge is 2.32. The Morgan fingerprint density at radius 1 is 1.20 bits per heavy atom. The summed E-state index contributed by atoms with van der Waals surface area (Å²) >= 11 is 0. The number of ether oxygens (including phenoxy) is 2. The summed E-state index contributed by atoms with van der Waals surface area (Å²) < 4.78 is 42.3. The molecule has 0 bridgehead atoms. The lowest BCUT2D eigenvalue weighted by molar-refractivity contribution is -0.153. The molecular formula is C32H36F2N6O6. The van der Waals surface area contributed by atoms with Crippen molar-refractivity contribution in [1.82, 2.24) is 29.3 Å². The molecule has 1 unspecified atom stereocenters. The van der Waals surface area contributed by atoms with Crippen LogP contribution in [0.2, 0.25) is 0 Å². The minimum absolute atomic E-state index is 0.0349. The summed E-state index contributed by atoms with van der Waals surface area (Å²) in [7, 11) is 1.83. The second-order valence-electron chi connectivity index (χ2n) is 12.9. The number of amides is 2. The topological polar surface area (TPSA) is 141 Å². The van der Waals surface area contributed by atoms with Crippen molar-refractivity contribution in [2.24, 2.45) is 13.0 Å². The molecule has 14 heteroatoms. The maximum atomic E-state index is 14.2. The van der Waals surface area contributed by atoms with E-state index in [1.54, 1.807) is 39.0 Å². The van der Waals surface area contributed by atoms with Crippen molar-refractivity contribution in [3.05, 3.63) is 41.6 Å². The molecule has 12 nitrogen and oxygen atoms in total. The zero-order chi connectivity index (χ0) is 32.9. The number of hydrogen-bond acceptors (Lipinski definition) is 7. The van der Waals surface area contributed by atoms with E-state index in [0.29, 0.717) is 64.9 Å². The van der Waals surface area contributed by atoms with Crippen molar-refractivity contribution >= 4 is 40.0 Å². The molecule has 3 aromatic heterocycles. The third kappa shape index (κ3) is 6.20. The van der Waals surface area contributed by atoms with E-state index < -0.39 is 36.7 Å². The van der Waals surface area contributed by atoms with Crippen molar-refractivity contribution in [2.45, 2.75) is 64.6 Å². The Morgan fingerprint density at radius 3 is 2.63 bits per heavy atom. The van der Waals surface area contributed by atoms with E-state index in [0.717, 1.165) is 18.2 Å². The molecule has 4 heterocycles. The van der Waals surface area contributed by atoms with Gasteiger partial charge in [0.15, 0.2) is 11.5 Å². The number of carbonyl (C=O) groups excluding carboxylic acids is 2. The fourth-order valence-corrected chi connectivity index (χ4v) is 5.79. The van der Waals surface area contributed by atoms with Crippen molar-refractivity contribution in [2.75, 3.05) is 19.8 Å². The average Bonchev–Trinajstić information content (AvgIpc) is 3.66. The first-order valence-corrected chi connectivity index (χ1v) is 15.2. The molecular weight excluding hydrogens is 602 g/mol. The standard InChI is InChI=1S/C32H36F2N6O6/c1-32(2,3)46-31(44)35-19(14-33)16-39-11-10-21-20(29(39)41)13-22-27(36-21)38(4)28(37-22)23-12-18-6-5-7-24(45-26(34)30(42)43)25(18)40(23)15-17-8-9-17/h5-7,12-13,17,19,26H,8-11,14-16H2,1-4H3,(H,35,44)(H,42,43)/t19-,26?/m1/s1. The van der Waals surface area contributed by atoms with Gasteiger partial charge in [-0.1, -0.05) is 12.1 Å². The number of para-hydroxylation sites is 1. The van der Waals surface area contributed by atoms with Crippen LogP contribution in [0.5, 0.6) is 5.75 Å². The highest BCUT2D eigenvalue weighted by molar-refractivity contribution is 5.99. The Morgan fingerprint density at radius 2 is 1.96 bits per heavy atom. The average molecular weight is 639 g/mol. The predicted molar refractivity (Wildman–Crippen MR) is 164 cm³/mol. The van der Waals surface area contributed by atoms with Crippen LogP contribution in [-0.2, 0) is 29.5 Å². The summed E-state index contributed by atoms with van der Waals surface area (Å²) in [4.78, 5) is 48.1. The lowest BCUT2D eigenvalue weighted by atomic mass is 10.0. The number of aliphatic carboxylic acids is 1. The van der Waals surface area contributed by atoms with Crippen LogP contribution in [0.4, 0.5) is 13.6 Å². The Kier molecular flexibility index (Phi) is 8.07. The number of aryl methyl sites for hydroxylation is 1. The number of pyridine rings is 1. The summed E-state index contributed by atoms with van der Waals surface area (Å²) in [6.07, 6.45) is -0.771. The molecule has 1 fully saturated rings. The Hall–Kier alpha value is -4.75. The number of alkyl halides is 2. The van der Waals surface area contributed by atoms with Gasteiger partial charge in [-0.15, -0.1) is 0 Å². The van der Waals surface area contributed by atoms with Gasteiger partial charge in [0.2, 0.25) is 0 Å². The van der Waals surface area contributed by atoms with E-state index in [-0.39, 0.29) is 18.2 Å². The molecule has 46 heavy (non-hydrogen) atoms. The Balaban J connectivity index is 1.33. The molecule has 2 N–H and O–H groups in total. The molecule has 1 aromatic carbocycles. The van der Waals surface area contributed by atoms with E-state index in [1.165, 1.54) is 4.90 Å². The number of halogens is 2. The van der Waals surface area contributed by atoms with Crippen molar-refractivity contribution in [3.63, 3.8) is 0 Å². The molecule has 0 spiro atoms. The van der Waals surface area contributed by atoms with Crippen molar-refractivity contribution in [1.29, 1.82) is 0 Å². The van der Waals surface area contributed by atoms with Crippen molar-refractivity contribution < 1.29 is 37.7 Å². The number of carboxylic acids is 1. The third-order valence-electron chi connectivity index (χ3n) is 8.08. The Labute approximate surface area is 263 Å². The van der Waals surface area contributed by atoms with Gasteiger partial charge < -0.3 is 33.9 Å². The minimum atomic E-state index is -2.52. The van der Waals surface area contributed by atoms with Gasteiger partial charge in [-0.2, -0.15) is 4.39 Å². The van der Waals surface area contributed by atoms with Gasteiger partial charge in [-0.25, -0.2) is 23.9 Å². The van der Waals surface area contributed by atoms with Gasteiger partial charge in [-0.05, 0) is 57.7 Å². The summed E-state index contributed by atoms with van der Waals surface area (Å²) in [5.41, 5.74) is 2.54. The summed E-state index contributed by atoms with van der Waals surface area (Å²) in [5.74, 6) is -0.965. The van der Waals surface area contributed by atoms with Crippen LogP contribution in [-0.4, -0.2) is 84.8 Å². The van der Waals surface area contributed by atoms with Gasteiger partial charge in [0.25, 0.3) is 5.91 Å². The van der Waals surface area contributed by atoms with Gasteiger partial charge >= 0.3 is 18.4 Å². The van der Waals surface area contributed by atoms with Crippen LogP contribution in [0.1, 0.15) is 49.7 Å². The lowest BCUT2D eigenvalue weighted by Gasteiger charge is -2.31. The predicted octanol–water partition coefficient (Wildman–Crippen LogP) is 4.62. The Bertz CT molecular complexity index is 1840. The number of aromatic nitrogens is 4. The zero-order valence-corrected chi connectivity index (χ0v) is 26.0. The van der Waals surface area contributed by atoms with Gasteiger partial charge in [0.1, 0.15) is 23.5 Å². The second kappa shape index (κ2) is 11.9. The monoisotopic (exact) mass is 638 g/mol. The first kappa shape index (κ1) is 31.2. The minimum Gasteiger partial charge on any atom is -0.476 e. The molecule has 6 rings (SSSR count). The number of carbonyl (C=O) groups is 3. The van der Waals surface area contributed by atoms with E-state index in [4.69, 9.17) is 24.5 Å². The van der Waals surface area contributed by atoms with E-state index in [2.05, 4.69) is 5.32 Å². The maximum absolute atomic E-state index is 14.2. The zero-order valence-electron chi connectivity index (χ0n) is 26.0. The number of nitrogens with zero attached hydrogens (tertiary/aromatic N) is 5. The molecule has 2 aliphatic rings. The van der Waals surface area contributed by atoms with Gasteiger partial charge in [0.05, 0.1) is 28.5 Å². The number of hydrogen-bond donors (Lipinski definition) is 2. The molecule has 2 amide bonds. The lowest BCUT2D eigenvalue weighted by Crippen LogP contribution is -2.50. The summed E-state index contributed by atoms with van der Waals surface area (Å²) in [6.45, 7) is 5.12. The number of fused-ring (bicyclic) bond motifs is 3. The van der Waals surface area contributed by atoms with Crippen LogP contribution in [0.15, 0.2) is 30.3 Å². The first-order chi connectivity index (χ1) is 21.8. The molecule has 0 radical (unpaired) electrons. The van der Waals surface area contributed by atoms with E-state index in [9.17, 15) is 23.2 Å². The highest BCUT2D eigenvalue weighted by Crippen LogP contribution is 2.39. The fraction of sp³-hybridized carbons (Fsp3) is 0.469. The van der Waals surface area contributed by atoms with Crippen LogP contribution in [0.25, 0.3) is 33.6 Å². The summed E-state index contributed by atoms with van der Waals surface area (Å²) in [6, 6.07) is 7.72. The largest absolute Gasteiger partial charge is 0.476 e. The number of imidazole rings is 1. The highest BCUT2D eigenvalue weighted by atomic mass is 19.1. The molecule has 1 aliphatic heterocycles. The molecule has 4 aromatic rings. The van der Waals surface area contributed by atoms with Crippen molar-refractivity contribution in [3.8, 4) is 17.3 Å². The normalized spacial score (nSPS) is 16.4. The SMILES string of the molecule is Cn1c(-c2cc3cccc(OC(F)C(=O)O)c3n2CC2CC2)nc2cc3c(nc21)CCN(C[C@@H](CF)NC(=O)OC(C)(C)C)C3=O. The van der Waals surface area contributed by atoms with Crippen LogP contribution in [0.3, 0.4) is 0 Å². The number of alkyl carbamates (subject to hydrolysis) is 1. The first-order valence-electron chi connectivity index (χ1n) is 15.2. The number of rotatable bonds is 10. The molecule has 2 atom stereocenters.